The van der Waals surface area contributed by atoms with Crippen molar-refractivity contribution in [2.75, 3.05) is 36.4 Å². The van der Waals surface area contributed by atoms with Gasteiger partial charge in [-0.1, -0.05) is 0 Å². The first-order valence-corrected chi connectivity index (χ1v) is 8.70. The van der Waals surface area contributed by atoms with Gasteiger partial charge in [-0.25, -0.2) is 9.97 Å². The number of nitrogens with one attached hydrogen (secondary N) is 2. The van der Waals surface area contributed by atoms with Crippen LogP contribution in [0.15, 0.2) is 42.9 Å². The first-order chi connectivity index (χ1) is 13.4. The van der Waals surface area contributed by atoms with Crippen LogP contribution in [0, 0.1) is 0 Å². The summed E-state index contributed by atoms with van der Waals surface area (Å²) in [5.74, 6) is -0.323. The van der Waals surface area contributed by atoms with Crippen LogP contribution < -0.4 is 15.5 Å². The van der Waals surface area contributed by atoms with E-state index in [0.717, 1.165) is 37.9 Å². The Morgan fingerprint density at radius 3 is 2.64 bits per heavy atom. The highest BCUT2D eigenvalue weighted by Gasteiger charge is 2.34. The Bertz CT molecular complexity index is 993. The van der Waals surface area contributed by atoms with Gasteiger partial charge in [0.25, 0.3) is 5.91 Å². The SMILES string of the molecule is O=C(Nc1ccc(N2CCNCC2)cn1)c1cn2cccc(C(F)(F)F)c2n1. The molecule has 0 radical (unpaired) electrons. The lowest BCUT2D eigenvalue weighted by Crippen LogP contribution is -2.43. The van der Waals surface area contributed by atoms with Crippen molar-refractivity contribution in [2.24, 2.45) is 0 Å². The quantitative estimate of drug-likeness (QED) is 0.719. The fraction of sp³-hybridized carbons (Fsp3) is 0.278. The number of piperazine rings is 1. The molecule has 4 heterocycles. The van der Waals surface area contributed by atoms with Crippen molar-refractivity contribution in [3.8, 4) is 0 Å². The number of imidazole rings is 1. The number of carbonyl (C=O) groups excluding carboxylic acids is 1. The van der Waals surface area contributed by atoms with Gasteiger partial charge >= 0.3 is 6.18 Å². The Hall–Kier alpha value is -3.14. The lowest BCUT2D eigenvalue weighted by molar-refractivity contribution is -0.136. The van der Waals surface area contributed by atoms with Crippen LogP contribution in [0.1, 0.15) is 16.1 Å². The second-order valence-electron chi connectivity index (χ2n) is 6.37. The van der Waals surface area contributed by atoms with Gasteiger partial charge in [-0.3, -0.25) is 4.79 Å². The number of anilines is 2. The molecule has 0 aliphatic carbocycles. The van der Waals surface area contributed by atoms with Crippen molar-refractivity contribution in [1.29, 1.82) is 0 Å². The predicted octanol–water partition coefficient (Wildman–Crippen LogP) is 2.41. The number of amides is 1. The number of carbonyl (C=O) groups is 1. The monoisotopic (exact) mass is 390 g/mol. The molecule has 1 amide bonds. The molecule has 1 saturated heterocycles. The van der Waals surface area contributed by atoms with Crippen LogP contribution in [-0.4, -0.2) is 46.5 Å². The van der Waals surface area contributed by atoms with Crippen molar-refractivity contribution in [3.63, 3.8) is 0 Å². The summed E-state index contributed by atoms with van der Waals surface area (Å²) in [6.45, 7) is 3.53. The minimum absolute atomic E-state index is 0.121. The van der Waals surface area contributed by atoms with Gasteiger partial charge in [-0.05, 0) is 24.3 Å². The second-order valence-corrected chi connectivity index (χ2v) is 6.37. The molecule has 0 atom stereocenters. The maximum Gasteiger partial charge on any atom is 0.419 e. The fourth-order valence-electron chi connectivity index (χ4n) is 3.09. The summed E-state index contributed by atoms with van der Waals surface area (Å²) in [5, 5.41) is 5.84. The molecule has 0 saturated carbocycles. The van der Waals surface area contributed by atoms with Crippen LogP contribution in [0.25, 0.3) is 5.65 Å². The standard InChI is InChI=1S/C18H17F3N6O/c19-18(20,21)13-2-1-7-27-11-14(24-16(13)27)17(28)25-15-4-3-12(10-23-15)26-8-5-22-6-9-26/h1-4,7,10-11,22H,5-6,8-9H2,(H,23,25,28). The van der Waals surface area contributed by atoms with Gasteiger partial charge in [0.05, 0.1) is 17.4 Å². The number of rotatable bonds is 3. The molecule has 2 N–H and O–H groups in total. The zero-order valence-corrected chi connectivity index (χ0v) is 14.7. The van der Waals surface area contributed by atoms with Crippen molar-refractivity contribution in [1.82, 2.24) is 19.7 Å². The molecule has 10 heteroatoms. The molecule has 1 fully saturated rings. The highest BCUT2D eigenvalue weighted by molar-refractivity contribution is 6.02. The molecule has 0 spiro atoms. The number of hydrogen-bond donors (Lipinski definition) is 2. The van der Waals surface area contributed by atoms with Crippen LogP contribution in [0.5, 0.6) is 0 Å². The molecular formula is C18H17F3N6O. The molecule has 146 valence electrons. The van der Waals surface area contributed by atoms with Crippen molar-refractivity contribution >= 4 is 23.1 Å². The first-order valence-electron chi connectivity index (χ1n) is 8.70. The number of pyridine rings is 2. The number of alkyl halides is 3. The second kappa shape index (κ2) is 7.12. The molecule has 1 aliphatic rings. The summed E-state index contributed by atoms with van der Waals surface area (Å²) in [6.07, 6.45) is -0.223. The highest BCUT2D eigenvalue weighted by atomic mass is 19.4. The minimum atomic E-state index is -4.55. The summed E-state index contributed by atoms with van der Waals surface area (Å²) < 4.78 is 40.5. The number of aromatic nitrogens is 3. The Morgan fingerprint density at radius 2 is 1.96 bits per heavy atom. The van der Waals surface area contributed by atoms with E-state index in [1.54, 1.807) is 12.3 Å². The van der Waals surface area contributed by atoms with Gasteiger partial charge in [0.1, 0.15) is 17.2 Å². The zero-order chi connectivity index (χ0) is 19.7. The van der Waals surface area contributed by atoms with E-state index in [0.29, 0.717) is 5.82 Å². The number of hydrogen-bond acceptors (Lipinski definition) is 5. The van der Waals surface area contributed by atoms with Crippen molar-refractivity contribution in [2.45, 2.75) is 6.18 Å². The van der Waals surface area contributed by atoms with Crippen molar-refractivity contribution < 1.29 is 18.0 Å². The first kappa shape index (κ1) is 18.2. The van der Waals surface area contributed by atoms with Crippen LogP contribution in [0.4, 0.5) is 24.7 Å². The van der Waals surface area contributed by atoms with E-state index in [1.165, 1.54) is 22.9 Å². The molecule has 28 heavy (non-hydrogen) atoms. The third-order valence-corrected chi connectivity index (χ3v) is 4.49. The molecule has 0 bridgehead atoms. The molecule has 7 nitrogen and oxygen atoms in total. The Morgan fingerprint density at radius 1 is 1.18 bits per heavy atom. The average molecular weight is 390 g/mol. The maximum atomic E-state index is 13.1. The average Bonchev–Trinajstić information content (AvgIpc) is 3.13. The van der Waals surface area contributed by atoms with Gasteiger partial charge in [0.15, 0.2) is 0 Å². The maximum absolute atomic E-state index is 13.1. The molecular weight excluding hydrogens is 373 g/mol. The third kappa shape index (κ3) is 3.63. The largest absolute Gasteiger partial charge is 0.419 e. The molecule has 3 aromatic rings. The molecule has 0 aromatic carbocycles. The van der Waals surface area contributed by atoms with E-state index in [-0.39, 0.29) is 11.3 Å². The number of halogens is 3. The van der Waals surface area contributed by atoms with E-state index < -0.39 is 17.6 Å². The predicted molar refractivity (Wildman–Crippen MR) is 97.5 cm³/mol. The Labute approximate surface area is 158 Å². The van der Waals surface area contributed by atoms with E-state index in [9.17, 15) is 18.0 Å². The van der Waals surface area contributed by atoms with Crippen LogP contribution in [0.2, 0.25) is 0 Å². The van der Waals surface area contributed by atoms with Crippen LogP contribution in [0.3, 0.4) is 0 Å². The van der Waals surface area contributed by atoms with Gasteiger partial charge < -0.3 is 19.9 Å². The van der Waals surface area contributed by atoms with Crippen molar-refractivity contribution in [3.05, 3.63) is 54.1 Å². The third-order valence-electron chi connectivity index (χ3n) is 4.49. The normalized spacial score (nSPS) is 15.0. The number of fused-ring (bicyclic) bond motifs is 1. The van der Waals surface area contributed by atoms with E-state index >= 15 is 0 Å². The van der Waals surface area contributed by atoms with Gasteiger partial charge in [-0.15, -0.1) is 0 Å². The van der Waals surface area contributed by atoms with E-state index in [1.807, 2.05) is 6.07 Å². The summed E-state index contributed by atoms with van der Waals surface area (Å²) in [4.78, 5) is 22.7. The summed E-state index contributed by atoms with van der Waals surface area (Å²) >= 11 is 0. The van der Waals surface area contributed by atoms with Crippen LogP contribution in [-0.2, 0) is 6.18 Å². The topological polar surface area (TPSA) is 74.6 Å². The molecule has 4 rings (SSSR count). The minimum Gasteiger partial charge on any atom is -0.368 e. The fourth-order valence-corrected chi connectivity index (χ4v) is 3.09. The number of nitrogens with zero attached hydrogens (tertiary/aromatic N) is 4. The summed E-state index contributed by atoms with van der Waals surface area (Å²) in [5.41, 5.74) is -0.388. The zero-order valence-electron chi connectivity index (χ0n) is 14.7. The van der Waals surface area contributed by atoms with E-state index in [2.05, 4.69) is 25.5 Å². The molecule has 0 unspecified atom stereocenters. The molecule has 1 aliphatic heterocycles. The van der Waals surface area contributed by atoms with Crippen LogP contribution >= 0.6 is 0 Å². The lowest BCUT2D eigenvalue weighted by Gasteiger charge is -2.29. The van der Waals surface area contributed by atoms with E-state index in [4.69, 9.17) is 0 Å². The van der Waals surface area contributed by atoms with Gasteiger partial charge in [0, 0.05) is 38.6 Å². The van der Waals surface area contributed by atoms with Gasteiger partial charge in [0.2, 0.25) is 0 Å². The smallest absolute Gasteiger partial charge is 0.368 e. The highest BCUT2D eigenvalue weighted by Crippen LogP contribution is 2.32. The lowest BCUT2D eigenvalue weighted by atomic mass is 10.2. The molecule has 3 aromatic heterocycles. The summed E-state index contributed by atoms with van der Waals surface area (Å²) in [6, 6.07) is 5.70. The summed E-state index contributed by atoms with van der Waals surface area (Å²) in [7, 11) is 0. The van der Waals surface area contributed by atoms with Gasteiger partial charge in [-0.2, -0.15) is 13.2 Å². The Balaban J connectivity index is 1.52. The Kier molecular flexibility index (Phi) is 4.63.